The highest BCUT2D eigenvalue weighted by Gasteiger charge is 2.26. The van der Waals surface area contributed by atoms with E-state index in [0.29, 0.717) is 27.9 Å². The zero-order valence-corrected chi connectivity index (χ0v) is 17.1. The number of hydrogen-bond acceptors (Lipinski definition) is 4. The van der Waals surface area contributed by atoms with Crippen LogP contribution in [-0.2, 0) is 16.1 Å². The number of anilines is 2. The van der Waals surface area contributed by atoms with Crippen LogP contribution in [0.1, 0.15) is 5.56 Å². The first-order valence-electron chi connectivity index (χ1n) is 9.48. The molecule has 158 valence electrons. The van der Waals surface area contributed by atoms with Crippen LogP contribution in [0.2, 0.25) is 5.02 Å². The second-order valence-electron chi connectivity index (χ2n) is 6.87. The molecule has 0 unspecified atom stereocenters. The van der Waals surface area contributed by atoms with E-state index in [0.717, 1.165) is 5.56 Å². The van der Waals surface area contributed by atoms with E-state index in [-0.39, 0.29) is 37.4 Å². The first-order valence-corrected chi connectivity index (χ1v) is 9.85. The number of rotatable bonds is 6. The zero-order chi connectivity index (χ0) is 21.8. The number of nitrogens with zero attached hydrogens (tertiary/aromatic N) is 1. The van der Waals surface area contributed by atoms with E-state index >= 15 is 0 Å². The van der Waals surface area contributed by atoms with Gasteiger partial charge < -0.3 is 19.7 Å². The van der Waals surface area contributed by atoms with Crippen LogP contribution in [-0.4, -0.2) is 25.0 Å². The minimum absolute atomic E-state index is 0.120. The maximum absolute atomic E-state index is 13.1. The van der Waals surface area contributed by atoms with E-state index in [1.807, 2.05) is 0 Å². The summed E-state index contributed by atoms with van der Waals surface area (Å²) in [4.78, 5) is 26.1. The Morgan fingerprint density at radius 2 is 1.84 bits per heavy atom. The van der Waals surface area contributed by atoms with Gasteiger partial charge in [0.15, 0.2) is 13.2 Å². The van der Waals surface area contributed by atoms with Gasteiger partial charge in [-0.15, -0.1) is 0 Å². The Hall–Kier alpha value is -3.58. The summed E-state index contributed by atoms with van der Waals surface area (Å²) in [6, 6.07) is 17.7. The predicted octanol–water partition coefficient (Wildman–Crippen LogP) is 4.42. The maximum Gasteiger partial charge on any atom is 0.265 e. The fourth-order valence-electron chi connectivity index (χ4n) is 3.10. The van der Waals surface area contributed by atoms with Crippen LogP contribution in [0.15, 0.2) is 66.7 Å². The Morgan fingerprint density at radius 3 is 2.58 bits per heavy atom. The third-order valence-corrected chi connectivity index (χ3v) is 4.88. The highest BCUT2D eigenvalue weighted by atomic mass is 35.5. The lowest BCUT2D eigenvalue weighted by Crippen LogP contribution is -2.38. The summed E-state index contributed by atoms with van der Waals surface area (Å²) < 4.78 is 24.1. The largest absolute Gasteiger partial charge is 0.484 e. The lowest BCUT2D eigenvalue weighted by molar-refractivity contribution is -0.121. The summed E-state index contributed by atoms with van der Waals surface area (Å²) in [6.45, 7) is -0.00383. The topological polar surface area (TPSA) is 67.9 Å². The lowest BCUT2D eigenvalue weighted by atomic mass is 10.1. The normalized spacial score (nSPS) is 12.7. The molecule has 8 heteroatoms. The Balaban J connectivity index is 1.42. The SMILES string of the molecule is O=C(COc1ccc(Cl)cc1)Nc1ccc2c(c1)OCC(=O)N2Cc1ccc(F)cc1. The van der Waals surface area contributed by atoms with Gasteiger partial charge >= 0.3 is 0 Å². The predicted molar refractivity (Wildman–Crippen MR) is 115 cm³/mol. The van der Waals surface area contributed by atoms with Gasteiger partial charge in [-0.2, -0.15) is 0 Å². The van der Waals surface area contributed by atoms with Crippen molar-refractivity contribution in [2.24, 2.45) is 0 Å². The molecule has 1 aliphatic rings. The molecule has 1 aliphatic heterocycles. The molecule has 0 spiro atoms. The van der Waals surface area contributed by atoms with Crippen LogP contribution < -0.4 is 19.7 Å². The summed E-state index contributed by atoms with van der Waals surface area (Å²) in [5.74, 6) is 0.120. The summed E-state index contributed by atoms with van der Waals surface area (Å²) >= 11 is 5.82. The molecule has 4 rings (SSSR count). The standard InChI is InChI=1S/C23H18ClFN2O4/c24-16-3-8-19(9-4-16)30-13-22(28)26-18-7-10-20-21(11-18)31-14-23(29)27(20)12-15-1-5-17(25)6-2-15/h1-11H,12-14H2,(H,26,28). The minimum Gasteiger partial charge on any atom is -0.484 e. The molecule has 31 heavy (non-hydrogen) atoms. The number of carbonyl (C=O) groups excluding carboxylic acids is 2. The zero-order valence-electron chi connectivity index (χ0n) is 16.3. The van der Waals surface area contributed by atoms with Crippen molar-refractivity contribution >= 4 is 34.8 Å². The summed E-state index contributed by atoms with van der Waals surface area (Å²) in [5, 5.41) is 3.32. The number of ether oxygens (including phenoxy) is 2. The Kier molecular flexibility index (Phi) is 6.04. The summed E-state index contributed by atoms with van der Waals surface area (Å²) in [7, 11) is 0. The monoisotopic (exact) mass is 440 g/mol. The van der Waals surface area contributed by atoms with Crippen LogP contribution in [0, 0.1) is 5.82 Å². The van der Waals surface area contributed by atoms with E-state index in [1.54, 1.807) is 59.5 Å². The van der Waals surface area contributed by atoms with Crippen molar-refractivity contribution in [1.82, 2.24) is 0 Å². The highest BCUT2D eigenvalue weighted by molar-refractivity contribution is 6.30. The number of amides is 2. The van der Waals surface area contributed by atoms with Gasteiger partial charge in [-0.3, -0.25) is 9.59 Å². The number of halogens is 2. The van der Waals surface area contributed by atoms with Gasteiger partial charge in [-0.25, -0.2) is 4.39 Å². The van der Waals surface area contributed by atoms with Crippen molar-refractivity contribution in [3.05, 3.63) is 83.1 Å². The van der Waals surface area contributed by atoms with Gasteiger partial charge in [0.1, 0.15) is 17.3 Å². The Bertz CT molecular complexity index is 1100. The van der Waals surface area contributed by atoms with Gasteiger partial charge in [0.25, 0.3) is 11.8 Å². The number of carbonyl (C=O) groups is 2. The maximum atomic E-state index is 13.1. The molecule has 1 N–H and O–H groups in total. The summed E-state index contributed by atoms with van der Waals surface area (Å²) in [5.41, 5.74) is 1.88. The van der Waals surface area contributed by atoms with Gasteiger partial charge in [0, 0.05) is 16.8 Å². The number of hydrogen-bond donors (Lipinski definition) is 1. The molecule has 6 nitrogen and oxygen atoms in total. The highest BCUT2D eigenvalue weighted by Crippen LogP contribution is 2.35. The van der Waals surface area contributed by atoms with E-state index in [4.69, 9.17) is 21.1 Å². The molecule has 0 radical (unpaired) electrons. The van der Waals surface area contributed by atoms with E-state index in [2.05, 4.69) is 5.32 Å². The first kappa shape index (κ1) is 20.7. The number of nitrogens with one attached hydrogen (secondary N) is 1. The van der Waals surface area contributed by atoms with Crippen LogP contribution in [0.5, 0.6) is 11.5 Å². The van der Waals surface area contributed by atoms with Crippen molar-refractivity contribution in [1.29, 1.82) is 0 Å². The molecule has 2 amide bonds. The van der Waals surface area contributed by atoms with Crippen LogP contribution in [0.4, 0.5) is 15.8 Å². The number of benzene rings is 3. The van der Waals surface area contributed by atoms with Crippen molar-refractivity contribution < 1.29 is 23.5 Å². The third-order valence-electron chi connectivity index (χ3n) is 4.62. The van der Waals surface area contributed by atoms with Crippen molar-refractivity contribution in [3.63, 3.8) is 0 Å². The molecule has 1 heterocycles. The van der Waals surface area contributed by atoms with E-state index < -0.39 is 0 Å². The second kappa shape index (κ2) is 9.06. The third kappa shape index (κ3) is 5.13. The average Bonchev–Trinajstić information content (AvgIpc) is 2.77. The molecule has 0 saturated heterocycles. The minimum atomic E-state index is -0.343. The van der Waals surface area contributed by atoms with Gasteiger partial charge in [0.05, 0.1) is 12.2 Å². The average molecular weight is 441 g/mol. The van der Waals surface area contributed by atoms with Crippen LogP contribution in [0.25, 0.3) is 0 Å². The van der Waals surface area contributed by atoms with Crippen molar-refractivity contribution in [2.45, 2.75) is 6.54 Å². The van der Waals surface area contributed by atoms with Gasteiger partial charge in [-0.05, 0) is 54.1 Å². The molecule has 0 atom stereocenters. The van der Waals surface area contributed by atoms with Gasteiger partial charge in [0.2, 0.25) is 0 Å². The molecule has 3 aromatic carbocycles. The van der Waals surface area contributed by atoms with Crippen molar-refractivity contribution in [2.75, 3.05) is 23.4 Å². The van der Waals surface area contributed by atoms with E-state index in [9.17, 15) is 14.0 Å². The van der Waals surface area contributed by atoms with E-state index in [1.165, 1.54) is 12.1 Å². The fourth-order valence-corrected chi connectivity index (χ4v) is 3.23. The van der Waals surface area contributed by atoms with Crippen LogP contribution in [0.3, 0.4) is 0 Å². The molecule has 0 aliphatic carbocycles. The molecule has 0 fully saturated rings. The number of fused-ring (bicyclic) bond motifs is 1. The molecule has 3 aromatic rings. The molecule has 0 saturated carbocycles. The quantitative estimate of drug-likeness (QED) is 0.616. The smallest absolute Gasteiger partial charge is 0.265 e. The molecule has 0 aromatic heterocycles. The van der Waals surface area contributed by atoms with Crippen LogP contribution >= 0.6 is 11.6 Å². The second-order valence-corrected chi connectivity index (χ2v) is 7.30. The van der Waals surface area contributed by atoms with Crippen molar-refractivity contribution in [3.8, 4) is 11.5 Å². The fraction of sp³-hybridized carbons (Fsp3) is 0.130. The molecular formula is C23H18ClFN2O4. The first-order chi connectivity index (χ1) is 15.0. The Labute approximate surface area is 183 Å². The molecular weight excluding hydrogens is 423 g/mol. The Morgan fingerprint density at radius 1 is 1.10 bits per heavy atom. The lowest BCUT2D eigenvalue weighted by Gasteiger charge is -2.29. The summed E-state index contributed by atoms with van der Waals surface area (Å²) in [6.07, 6.45) is 0. The molecule has 0 bridgehead atoms. The van der Waals surface area contributed by atoms with Gasteiger partial charge in [-0.1, -0.05) is 23.7 Å².